The summed E-state index contributed by atoms with van der Waals surface area (Å²) in [5.74, 6) is -1.69. The van der Waals surface area contributed by atoms with Gasteiger partial charge in [-0.15, -0.1) is 0 Å². The number of hydrogen-bond acceptors (Lipinski definition) is 6. The third-order valence-electron chi connectivity index (χ3n) is 6.13. The number of ether oxygens (including phenoxy) is 2. The normalized spacial score (nSPS) is 16.8. The molecule has 1 heterocycles. The number of aryl methyl sites for hydroxylation is 1. The zero-order valence-corrected chi connectivity index (χ0v) is 20.0. The molecule has 8 heteroatoms. The molecule has 0 aromatic heterocycles. The molecule has 1 aliphatic rings. The van der Waals surface area contributed by atoms with Gasteiger partial charge in [0.25, 0.3) is 11.7 Å². The fourth-order valence-electron chi connectivity index (χ4n) is 4.32. The molecule has 4 rings (SSSR count). The van der Waals surface area contributed by atoms with Crippen LogP contribution in [0, 0.1) is 6.92 Å². The molecule has 1 atom stereocenters. The van der Waals surface area contributed by atoms with Gasteiger partial charge < -0.3 is 19.7 Å². The highest BCUT2D eigenvalue weighted by molar-refractivity contribution is 6.51. The fraction of sp³-hybridized carbons (Fsp3) is 0.179. The van der Waals surface area contributed by atoms with E-state index < -0.39 is 23.7 Å². The van der Waals surface area contributed by atoms with Gasteiger partial charge in [-0.3, -0.25) is 19.3 Å². The van der Waals surface area contributed by atoms with Crippen molar-refractivity contribution in [3.63, 3.8) is 0 Å². The van der Waals surface area contributed by atoms with Crippen molar-refractivity contribution in [2.75, 3.05) is 19.1 Å². The minimum absolute atomic E-state index is 0.0481. The number of methoxy groups -OCH3 is 2. The van der Waals surface area contributed by atoms with Crippen molar-refractivity contribution >= 4 is 29.1 Å². The first-order chi connectivity index (χ1) is 17.2. The Hall–Kier alpha value is -4.59. The Morgan fingerprint density at radius 2 is 1.50 bits per heavy atom. The lowest BCUT2D eigenvalue weighted by molar-refractivity contribution is -0.136. The van der Waals surface area contributed by atoms with E-state index in [2.05, 4.69) is 0 Å². The maximum atomic E-state index is 13.3. The number of carboxylic acid groups (broad SMARTS) is 1. The number of carbonyl (C=O) groups is 3. The standard InChI is InChI=1S/C28H25NO7/c1-16-14-21(36-3)12-13-22(16)26(32)24-25(18-6-10-20(35-2)11-7-18)29(28(34)27(24)33)19-8-4-17(5-9-19)15-23(30)31/h4-14,25,32H,15H2,1-3H3,(H,30,31)/b26-24-. The summed E-state index contributed by atoms with van der Waals surface area (Å²) in [6, 6.07) is 17.4. The van der Waals surface area contributed by atoms with Crippen LogP contribution < -0.4 is 14.4 Å². The number of ketones is 1. The summed E-state index contributed by atoms with van der Waals surface area (Å²) in [5, 5.41) is 20.4. The highest BCUT2D eigenvalue weighted by Crippen LogP contribution is 2.43. The number of nitrogens with zero attached hydrogens (tertiary/aromatic N) is 1. The lowest BCUT2D eigenvalue weighted by Gasteiger charge is -2.26. The van der Waals surface area contributed by atoms with Crippen molar-refractivity contribution < 1.29 is 34.1 Å². The quantitative estimate of drug-likeness (QED) is 0.291. The number of benzene rings is 3. The molecule has 1 unspecified atom stereocenters. The molecule has 36 heavy (non-hydrogen) atoms. The van der Waals surface area contributed by atoms with Crippen LogP contribution in [0.1, 0.15) is 28.3 Å². The number of rotatable bonds is 7. The molecule has 184 valence electrons. The third-order valence-corrected chi connectivity index (χ3v) is 6.13. The molecule has 3 aromatic rings. The molecule has 0 bridgehead atoms. The molecule has 0 spiro atoms. The SMILES string of the molecule is COc1ccc(C2/C(=C(/O)c3ccc(OC)cc3C)C(=O)C(=O)N2c2ccc(CC(=O)O)cc2)cc1. The summed E-state index contributed by atoms with van der Waals surface area (Å²) in [4.78, 5) is 39.0. The van der Waals surface area contributed by atoms with E-state index in [1.165, 1.54) is 19.1 Å². The monoisotopic (exact) mass is 487 g/mol. The van der Waals surface area contributed by atoms with Gasteiger partial charge in [-0.1, -0.05) is 24.3 Å². The summed E-state index contributed by atoms with van der Waals surface area (Å²) >= 11 is 0. The Bertz CT molecular complexity index is 1360. The maximum Gasteiger partial charge on any atom is 0.307 e. The van der Waals surface area contributed by atoms with Crippen LogP contribution >= 0.6 is 0 Å². The van der Waals surface area contributed by atoms with Crippen molar-refractivity contribution in [2.24, 2.45) is 0 Å². The minimum Gasteiger partial charge on any atom is -0.507 e. The number of hydrogen-bond donors (Lipinski definition) is 2. The maximum absolute atomic E-state index is 13.3. The zero-order valence-electron chi connectivity index (χ0n) is 20.0. The van der Waals surface area contributed by atoms with Gasteiger partial charge in [-0.25, -0.2) is 0 Å². The average Bonchev–Trinajstić information content (AvgIpc) is 3.14. The molecule has 0 radical (unpaired) electrons. The van der Waals surface area contributed by atoms with E-state index in [0.717, 1.165) is 0 Å². The fourth-order valence-corrected chi connectivity index (χ4v) is 4.32. The van der Waals surface area contributed by atoms with E-state index in [-0.39, 0.29) is 17.8 Å². The van der Waals surface area contributed by atoms with Gasteiger partial charge in [0.05, 0.1) is 32.3 Å². The van der Waals surface area contributed by atoms with Gasteiger partial charge in [-0.2, -0.15) is 0 Å². The first kappa shape index (κ1) is 24.5. The molecule has 1 saturated heterocycles. The summed E-state index contributed by atoms with van der Waals surface area (Å²) in [7, 11) is 3.07. The Balaban J connectivity index is 1.88. The predicted octanol–water partition coefficient (Wildman–Crippen LogP) is 4.27. The second kappa shape index (κ2) is 9.95. The second-order valence-corrected chi connectivity index (χ2v) is 8.36. The predicted molar refractivity (Wildman–Crippen MR) is 133 cm³/mol. The summed E-state index contributed by atoms with van der Waals surface area (Å²) in [6.07, 6.45) is -0.169. The largest absolute Gasteiger partial charge is 0.507 e. The molecular formula is C28H25NO7. The molecule has 1 amide bonds. The van der Waals surface area contributed by atoms with Crippen molar-refractivity contribution in [3.05, 3.63) is 94.6 Å². The molecule has 0 saturated carbocycles. The zero-order chi connectivity index (χ0) is 26.0. The van der Waals surface area contributed by atoms with Gasteiger partial charge in [-0.05, 0) is 66.1 Å². The van der Waals surface area contributed by atoms with Crippen LogP contribution in [-0.4, -0.2) is 42.1 Å². The van der Waals surface area contributed by atoms with Crippen LogP contribution in [0.4, 0.5) is 5.69 Å². The number of Topliss-reactive ketones (excluding diaryl/α,β-unsaturated/α-hetero) is 1. The molecule has 3 aromatic carbocycles. The van der Waals surface area contributed by atoms with Gasteiger partial charge in [0.1, 0.15) is 17.3 Å². The van der Waals surface area contributed by atoms with Crippen LogP contribution in [-0.2, 0) is 20.8 Å². The lowest BCUT2D eigenvalue weighted by Crippen LogP contribution is -2.29. The minimum atomic E-state index is -0.976. The van der Waals surface area contributed by atoms with Gasteiger partial charge >= 0.3 is 5.97 Å². The number of aliphatic carboxylic acids is 1. The second-order valence-electron chi connectivity index (χ2n) is 8.36. The number of carbonyl (C=O) groups excluding carboxylic acids is 2. The first-order valence-corrected chi connectivity index (χ1v) is 11.2. The molecule has 8 nitrogen and oxygen atoms in total. The molecule has 0 aliphatic carbocycles. The van der Waals surface area contributed by atoms with Crippen molar-refractivity contribution in [1.82, 2.24) is 0 Å². The Morgan fingerprint density at radius 3 is 2.06 bits per heavy atom. The van der Waals surface area contributed by atoms with Crippen LogP contribution in [0.25, 0.3) is 5.76 Å². The Morgan fingerprint density at radius 1 is 0.889 bits per heavy atom. The summed E-state index contributed by atoms with van der Waals surface area (Å²) in [6.45, 7) is 1.78. The van der Waals surface area contributed by atoms with E-state index in [1.54, 1.807) is 73.7 Å². The topological polar surface area (TPSA) is 113 Å². The van der Waals surface area contributed by atoms with Crippen molar-refractivity contribution in [2.45, 2.75) is 19.4 Å². The van der Waals surface area contributed by atoms with E-state index in [1.807, 2.05) is 0 Å². The van der Waals surface area contributed by atoms with E-state index >= 15 is 0 Å². The van der Waals surface area contributed by atoms with Crippen LogP contribution in [0.2, 0.25) is 0 Å². The highest BCUT2D eigenvalue weighted by atomic mass is 16.5. The third kappa shape index (κ3) is 4.53. The smallest absolute Gasteiger partial charge is 0.307 e. The van der Waals surface area contributed by atoms with Crippen LogP contribution in [0.3, 0.4) is 0 Å². The van der Waals surface area contributed by atoms with Crippen molar-refractivity contribution in [3.8, 4) is 11.5 Å². The summed E-state index contributed by atoms with van der Waals surface area (Å²) < 4.78 is 10.5. The van der Waals surface area contributed by atoms with Gasteiger partial charge in [0.15, 0.2) is 0 Å². The average molecular weight is 488 g/mol. The van der Waals surface area contributed by atoms with E-state index in [9.17, 15) is 19.5 Å². The van der Waals surface area contributed by atoms with Gasteiger partial charge in [0, 0.05) is 11.3 Å². The molecule has 2 N–H and O–H groups in total. The summed E-state index contributed by atoms with van der Waals surface area (Å²) in [5.41, 5.74) is 2.58. The number of aliphatic hydroxyl groups excluding tert-OH is 1. The van der Waals surface area contributed by atoms with Crippen molar-refractivity contribution in [1.29, 1.82) is 0 Å². The van der Waals surface area contributed by atoms with Crippen LogP contribution in [0.5, 0.6) is 11.5 Å². The molecule has 1 aliphatic heterocycles. The molecule has 1 fully saturated rings. The van der Waals surface area contributed by atoms with E-state index in [0.29, 0.717) is 39.4 Å². The lowest BCUT2D eigenvalue weighted by atomic mass is 9.93. The number of aliphatic hydroxyl groups is 1. The number of amides is 1. The Labute approximate surface area is 208 Å². The highest BCUT2D eigenvalue weighted by Gasteiger charge is 2.47. The number of carboxylic acids is 1. The first-order valence-electron chi connectivity index (χ1n) is 11.2. The van der Waals surface area contributed by atoms with Crippen LogP contribution in [0.15, 0.2) is 72.3 Å². The Kier molecular flexibility index (Phi) is 6.78. The number of anilines is 1. The van der Waals surface area contributed by atoms with Gasteiger partial charge in [0.2, 0.25) is 0 Å². The molecular weight excluding hydrogens is 462 g/mol. The van der Waals surface area contributed by atoms with E-state index in [4.69, 9.17) is 14.6 Å².